The number of benzene rings is 1. The first-order chi connectivity index (χ1) is 13.3. The number of hydrogen-bond acceptors (Lipinski definition) is 3. The summed E-state index contributed by atoms with van der Waals surface area (Å²) in [7, 11) is 0. The van der Waals surface area contributed by atoms with E-state index in [0.29, 0.717) is 6.54 Å². The van der Waals surface area contributed by atoms with E-state index in [2.05, 4.69) is 34.9 Å². The molecule has 1 spiro atoms. The van der Waals surface area contributed by atoms with Crippen molar-refractivity contribution in [2.75, 3.05) is 26.3 Å². The van der Waals surface area contributed by atoms with Gasteiger partial charge in [-0.15, -0.1) is 0 Å². The molecule has 1 atom stereocenters. The van der Waals surface area contributed by atoms with E-state index in [-0.39, 0.29) is 17.4 Å². The number of nitrogens with one attached hydrogen (secondary N) is 2. The molecule has 2 fully saturated rings. The molecule has 2 aliphatic carbocycles. The Morgan fingerprint density at radius 1 is 1.11 bits per heavy atom. The van der Waals surface area contributed by atoms with Gasteiger partial charge in [0.05, 0.1) is 6.54 Å². The molecule has 4 heteroatoms. The highest BCUT2D eigenvalue weighted by molar-refractivity contribution is 5.78. The minimum atomic E-state index is 0.136. The van der Waals surface area contributed by atoms with Crippen LogP contribution < -0.4 is 10.6 Å². The average molecular weight is 371 g/mol. The Labute approximate surface area is 163 Å². The Morgan fingerprint density at radius 2 is 1.89 bits per heavy atom. The maximum atomic E-state index is 12.4. The van der Waals surface area contributed by atoms with Gasteiger partial charge in [0.15, 0.2) is 0 Å². The summed E-state index contributed by atoms with van der Waals surface area (Å²) in [6.45, 7) is 2.90. The van der Waals surface area contributed by atoms with Gasteiger partial charge in [-0.05, 0) is 48.1 Å². The maximum absolute atomic E-state index is 12.4. The molecule has 1 saturated carbocycles. The minimum absolute atomic E-state index is 0.136. The molecule has 2 N–H and O–H groups in total. The molecule has 148 valence electrons. The molecule has 0 bridgehead atoms. The highest BCUT2D eigenvalue weighted by Gasteiger charge is 2.46. The standard InChI is InChI=1S/C23H34N2O2/c26-21(24-13-10-18-6-2-1-3-7-18)17-25-22-20-9-5-4-8-19(20)16-23(22)11-14-27-15-12-23/h4-5,8-9,18,22,25H,1-3,6-7,10-17H2,(H,24,26). The van der Waals surface area contributed by atoms with Crippen LogP contribution in [0.1, 0.15) is 68.5 Å². The number of carbonyl (C=O) groups is 1. The van der Waals surface area contributed by atoms with Gasteiger partial charge in [0, 0.05) is 25.8 Å². The summed E-state index contributed by atoms with van der Waals surface area (Å²) in [5.74, 6) is 0.955. The lowest BCUT2D eigenvalue weighted by molar-refractivity contribution is -0.120. The van der Waals surface area contributed by atoms with Crippen LogP contribution in [0, 0.1) is 11.3 Å². The van der Waals surface area contributed by atoms with Gasteiger partial charge in [0.1, 0.15) is 0 Å². The van der Waals surface area contributed by atoms with Gasteiger partial charge >= 0.3 is 0 Å². The van der Waals surface area contributed by atoms with Crippen LogP contribution in [0.3, 0.4) is 0 Å². The van der Waals surface area contributed by atoms with Crippen molar-refractivity contribution in [2.24, 2.45) is 11.3 Å². The van der Waals surface area contributed by atoms with Crippen molar-refractivity contribution in [2.45, 2.75) is 63.8 Å². The first-order valence-corrected chi connectivity index (χ1v) is 10.9. The largest absolute Gasteiger partial charge is 0.381 e. The third-order valence-corrected chi connectivity index (χ3v) is 7.08. The SMILES string of the molecule is O=C(CNC1c2ccccc2CC12CCOCC2)NCCC1CCCCC1. The second kappa shape index (κ2) is 8.74. The van der Waals surface area contributed by atoms with Crippen molar-refractivity contribution in [3.63, 3.8) is 0 Å². The van der Waals surface area contributed by atoms with Crippen LogP contribution in [0.25, 0.3) is 0 Å². The lowest BCUT2D eigenvalue weighted by Crippen LogP contribution is -2.43. The van der Waals surface area contributed by atoms with Crippen LogP contribution in [0.4, 0.5) is 0 Å². The summed E-state index contributed by atoms with van der Waals surface area (Å²) in [4.78, 5) is 12.4. The topological polar surface area (TPSA) is 50.4 Å². The molecule has 1 saturated heterocycles. The van der Waals surface area contributed by atoms with Gasteiger partial charge < -0.3 is 15.4 Å². The zero-order valence-electron chi connectivity index (χ0n) is 16.5. The molecule has 1 aromatic rings. The molecule has 0 aromatic heterocycles. The summed E-state index contributed by atoms with van der Waals surface area (Å²) >= 11 is 0. The van der Waals surface area contributed by atoms with Crippen molar-refractivity contribution >= 4 is 5.91 Å². The summed E-state index contributed by atoms with van der Waals surface area (Å²) < 4.78 is 5.63. The number of carbonyl (C=O) groups excluding carboxylic acids is 1. The number of ether oxygens (including phenoxy) is 1. The highest BCUT2D eigenvalue weighted by Crippen LogP contribution is 2.51. The average Bonchev–Trinajstić information content (AvgIpc) is 3.00. The number of amides is 1. The van der Waals surface area contributed by atoms with Crippen LogP contribution in [-0.2, 0) is 16.0 Å². The molecule has 0 radical (unpaired) electrons. The van der Waals surface area contributed by atoms with E-state index in [4.69, 9.17) is 4.74 Å². The van der Waals surface area contributed by atoms with Crippen LogP contribution >= 0.6 is 0 Å². The van der Waals surface area contributed by atoms with Gasteiger partial charge in [-0.3, -0.25) is 4.79 Å². The van der Waals surface area contributed by atoms with Crippen LogP contribution in [0.5, 0.6) is 0 Å². The fourth-order valence-corrected chi connectivity index (χ4v) is 5.51. The highest BCUT2D eigenvalue weighted by atomic mass is 16.5. The molecule has 1 unspecified atom stereocenters. The van der Waals surface area contributed by atoms with Crippen molar-refractivity contribution in [3.8, 4) is 0 Å². The molecular weight excluding hydrogens is 336 g/mol. The predicted octanol–water partition coefficient (Wildman–Crippen LogP) is 3.76. The Bertz CT molecular complexity index is 633. The van der Waals surface area contributed by atoms with Crippen molar-refractivity contribution in [1.82, 2.24) is 10.6 Å². The summed E-state index contributed by atoms with van der Waals surface area (Å²) in [5, 5.41) is 6.76. The van der Waals surface area contributed by atoms with Gasteiger partial charge in [-0.2, -0.15) is 0 Å². The lowest BCUT2D eigenvalue weighted by Gasteiger charge is -2.39. The Balaban J connectivity index is 1.30. The third-order valence-electron chi connectivity index (χ3n) is 7.08. The van der Waals surface area contributed by atoms with Crippen LogP contribution in [0.15, 0.2) is 24.3 Å². The van der Waals surface area contributed by atoms with Crippen LogP contribution in [0.2, 0.25) is 0 Å². The number of rotatable bonds is 6. The smallest absolute Gasteiger partial charge is 0.233 e. The van der Waals surface area contributed by atoms with E-state index >= 15 is 0 Å². The molecular formula is C23H34N2O2. The molecule has 3 aliphatic rings. The van der Waals surface area contributed by atoms with Gasteiger partial charge in [-0.25, -0.2) is 0 Å². The molecule has 4 nitrogen and oxygen atoms in total. The van der Waals surface area contributed by atoms with E-state index in [1.54, 1.807) is 0 Å². The van der Waals surface area contributed by atoms with E-state index in [1.807, 2.05) is 0 Å². The molecule has 1 aromatic carbocycles. The van der Waals surface area contributed by atoms with E-state index < -0.39 is 0 Å². The van der Waals surface area contributed by atoms with Crippen LogP contribution in [-0.4, -0.2) is 32.2 Å². The molecule has 4 rings (SSSR count). The monoisotopic (exact) mass is 370 g/mol. The summed E-state index contributed by atoms with van der Waals surface area (Å²) in [5.41, 5.74) is 3.04. The lowest BCUT2D eigenvalue weighted by atomic mass is 9.74. The second-order valence-corrected chi connectivity index (χ2v) is 8.81. The zero-order valence-corrected chi connectivity index (χ0v) is 16.5. The Morgan fingerprint density at radius 3 is 2.70 bits per heavy atom. The second-order valence-electron chi connectivity index (χ2n) is 8.81. The number of fused-ring (bicyclic) bond motifs is 1. The first-order valence-electron chi connectivity index (χ1n) is 10.9. The number of hydrogen-bond donors (Lipinski definition) is 2. The van der Waals surface area contributed by atoms with E-state index in [9.17, 15) is 4.79 Å². The zero-order chi connectivity index (χ0) is 18.5. The molecule has 1 heterocycles. The summed E-state index contributed by atoms with van der Waals surface area (Å²) in [6, 6.07) is 9.00. The minimum Gasteiger partial charge on any atom is -0.381 e. The first kappa shape index (κ1) is 18.9. The van der Waals surface area contributed by atoms with Crippen molar-refractivity contribution in [3.05, 3.63) is 35.4 Å². The van der Waals surface area contributed by atoms with Gasteiger partial charge in [0.2, 0.25) is 5.91 Å². The van der Waals surface area contributed by atoms with Gasteiger partial charge in [0.25, 0.3) is 0 Å². The van der Waals surface area contributed by atoms with Gasteiger partial charge in [-0.1, -0.05) is 56.4 Å². The van der Waals surface area contributed by atoms with Crippen molar-refractivity contribution in [1.29, 1.82) is 0 Å². The fraction of sp³-hybridized carbons (Fsp3) is 0.696. The quantitative estimate of drug-likeness (QED) is 0.802. The third kappa shape index (κ3) is 4.38. The van der Waals surface area contributed by atoms with E-state index in [0.717, 1.165) is 51.4 Å². The summed E-state index contributed by atoms with van der Waals surface area (Å²) in [6.07, 6.45) is 11.2. The Kier molecular flexibility index (Phi) is 6.14. The molecule has 1 amide bonds. The van der Waals surface area contributed by atoms with E-state index in [1.165, 1.54) is 43.2 Å². The van der Waals surface area contributed by atoms with Crippen molar-refractivity contribution < 1.29 is 9.53 Å². The molecule has 1 aliphatic heterocycles. The predicted molar refractivity (Wildman–Crippen MR) is 108 cm³/mol. The normalized spacial score (nSPS) is 24.7. The fourth-order valence-electron chi connectivity index (χ4n) is 5.51. The molecule has 27 heavy (non-hydrogen) atoms. The maximum Gasteiger partial charge on any atom is 0.233 e. The Hall–Kier alpha value is -1.39.